The fraction of sp³-hybridized carbons (Fsp3) is 0.727. The van der Waals surface area contributed by atoms with Crippen LogP contribution in [0.15, 0.2) is 12.7 Å². The first-order valence-corrected chi connectivity index (χ1v) is 6.15. The second-order valence-electron chi connectivity index (χ2n) is 5.17. The van der Waals surface area contributed by atoms with E-state index in [2.05, 4.69) is 0 Å². The molecule has 1 atom stereocenters. The summed E-state index contributed by atoms with van der Waals surface area (Å²) >= 11 is 0. The van der Waals surface area contributed by atoms with Crippen molar-refractivity contribution in [3.8, 4) is 0 Å². The van der Waals surface area contributed by atoms with Crippen LogP contribution in [0.4, 0.5) is 70.2 Å². The van der Waals surface area contributed by atoms with E-state index in [0.29, 0.717) is 0 Å². The first kappa shape index (κ1) is 27.1. The summed E-state index contributed by atoms with van der Waals surface area (Å²) in [5.74, 6) is -53.6. The molecule has 0 spiro atoms. The number of halogens is 16. The summed E-state index contributed by atoms with van der Waals surface area (Å²) < 4.78 is 206. The molecule has 0 aliphatic carbocycles. The van der Waals surface area contributed by atoms with Gasteiger partial charge in [0.15, 0.2) is 0 Å². The Morgan fingerprint density at radius 3 is 1.00 bits per heavy atom. The lowest BCUT2D eigenvalue weighted by Crippen LogP contribution is -2.75. The van der Waals surface area contributed by atoms with Gasteiger partial charge in [0.2, 0.25) is 0 Å². The molecule has 0 aromatic rings. The van der Waals surface area contributed by atoms with Gasteiger partial charge < -0.3 is 5.11 Å². The molecule has 0 aromatic heterocycles. The van der Waals surface area contributed by atoms with Gasteiger partial charge in [-0.05, 0) is 6.08 Å². The van der Waals surface area contributed by atoms with Crippen molar-refractivity contribution in [3.05, 3.63) is 12.7 Å². The average molecular weight is 472 g/mol. The Kier molecular flexibility index (Phi) is 6.11. The molecule has 0 amide bonds. The second kappa shape index (κ2) is 6.55. The molecule has 172 valence electrons. The first-order valence-electron chi connectivity index (χ1n) is 6.15. The van der Waals surface area contributed by atoms with Crippen molar-refractivity contribution in [3.63, 3.8) is 0 Å². The minimum Gasteiger partial charge on any atom is -0.478 e. The lowest BCUT2D eigenvalue weighted by Gasteiger charge is -2.43. The fourth-order valence-electron chi connectivity index (χ4n) is 1.54. The van der Waals surface area contributed by atoms with Gasteiger partial charge in [-0.2, -0.15) is 65.9 Å². The van der Waals surface area contributed by atoms with Gasteiger partial charge in [-0.15, -0.1) is 0 Å². The molecule has 2 nitrogen and oxygen atoms in total. The van der Waals surface area contributed by atoms with E-state index in [4.69, 9.17) is 5.11 Å². The summed E-state index contributed by atoms with van der Waals surface area (Å²) in [6.07, 6.45) is -9.14. The van der Waals surface area contributed by atoms with Gasteiger partial charge in [-0.3, -0.25) is 0 Å². The topological polar surface area (TPSA) is 37.3 Å². The van der Waals surface area contributed by atoms with E-state index >= 15 is 0 Å². The Morgan fingerprint density at radius 2 is 0.793 bits per heavy atom. The Balaban J connectivity index is 6.89. The van der Waals surface area contributed by atoms with Crippen LogP contribution in [-0.4, -0.2) is 58.5 Å². The SMILES string of the molecule is C=CC(F)(C(=O)O)C(F)(F)C(F)(F)C(F)(F)C(F)(F)C(F)(F)C(F)(F)C(F)(F)F. The normalized spacial score (nSPS) is 17.7. The third-order valence-electron chi connectivity index (χ3n) is 3.38. The molecule has 18 heteroatoms. The molecule has 0 saturated heterocycles. The smallest absolute Gasteiger partial charge is 0.460 e. The highest BCUT2D eigenvalue weighted by Crippen LogP contribution is 2.63. The summed E-state index contributed by atoms with van der Waals surface area (Å²) in [6, 6.07) is 0. The quantitative estimate of drug-likeness (QED) is 0.383. The molecule has 0 heterocycles. The van der Waals surface area contributed by atoms with Gasteiger partial charge in [0.25, 0.3) is 5.67 Å². The number of hydrogen-bond acceptors (Lipinski definition) is 1. The van der Waals surface area contributed by atoms with Crippen LogP contribution in [-0.2, 0) is 4.79 Å². The predicted octanol–water partition coefficient (Wildman–Crippen LogP) is 5.34. The maximum atomic E-state index is 13.5. The van der Waals surface area contributed by atoms with E-state index < -0.39 is 59.4 Å². The number of rotatable bonds is 8. The van der Waals surface area contributed by atoms with E-state index in [1.54, 1.807) is 0 Å². The van der Waals surface area contributed by atoms with E-state index in [1.165, 1.54) is 0 Å². The highest BCUT2D eigenvalue weighted by molar-refractivity contribution is 5.81. The van der Waals surface area contributed by atoms with Gasteiger partial charge in [-0.1, -0.05) is 6.58 Å². The van der Waals surface area contributed by atoms with Crippen LogP contribution < -0.4 is 0 Å². The summed E-state index contributed by atoms with van der Waals surface area (Å²) in [5, 5.41) is 8.09. The lowest BCUT2D eigenvalue weighted by atomic mass is 9.84. The van der Waals surface area contributed by atoms with Crippen molar-refractivity contribution in [2.45, 2.75) is 47.4 Å². The molecule has 1 unspecified atom stereocenters. The minimum absolute atomic E-state index is 1.36. The zero-order valence-electron chi connectivity index (χ0n) is 12.7. The van der Waals surface area contributed by atoms with Gasteiger partial charge in [0, 0.05) is 0 Å². The molecular weight excluding hydrogens is 468 g/mol. The zero-order chi connectivity index (χ0) is 24.3. The van der Waals surface area contributed by atoms with Crippen LogP contribution >= 0.6 is 0 Å². The second-order valence-corrected chi connectivity index (χ2v) is 5.17. The van der Waals surface area contributed by atoms with Gasteiger partial charge in [-0.25, -0.2) is 9.18 Å². The third-order valence-corrected chi connectivity index (χ3v) is 3.38. The maximum Gasteiger partial charge on any atom is 0.460 e. The van der Waals surface area contributed by atoms with Crippen LogP contribution in [0.3, 0.4) is 0 Å². The Labute approximate surface area is 147 Å². The fourth-order valence-corrected chi connectivity index (χ4v) is 1.54. The summed E-state index contributed by atoms with van der Waals surface area (Å²) in [6.45, 7) is 1.88. The number of carboxylic acid groups (broad SMARTS) is 1. The van der Waals surface area contributed by atoms with Crippen molar-refractivity contribution in [2.75, 3.05) is 0 Å². The van der Waals surface area contributed by atoms with Crippen LogP contribution in [0.1, 0.15) is 0 Å². The van der Waals surface area contributed by atoms with Crippen molar-refractivity contribution in [2.24, 2.45) is 0 Å². The third kappa shape index (κ3) is 3.08. The van der Waals surface area contributed by atoms with Gasteiger partial charge in [0.05, 0.1) is 0 Å². The molecule has 0 aromatic carbocycles. The van der Waals surface area contributed by atoms with Crippen molar-refractivity contribution in [1.29, 1.82) is 0 Å². The largest absolute Gasteiger partial charge is 0.478 e. The van der Waals surface area contributed by atoms with Crippen molar-refractivity contribution >= 4 is 5.97 Å². The molecule has 0 saturated carbocycles. The molecule has 0 fully saturated rings. The molecule has 0 aliphatic heterocycles. The minimum atomic E-state index is -8.63. The first-order chi connectivity index (χ1) is 12.3. The summed E-state index contributed by atoms with van der Waals surface area (Å²) in [4.78, 5) is 10.3. The number of aliphatic carboxylic acids is 1. The van der Waals surface area contributed by atoms with Crippen LogP contribution in [0.25, 0.3) is 0 Å². The van der Waals surface area contributed by atoms with E-state index in [0.717, 1.165) is 0 Å². The zero-order valence-corrected chi connectivity index (χ0v) is 12.7. The van der Waals surface area contributed by atoms with Crippen LogP contribution in [0, 0.1) is 0 Å². The van der Waals surface area contributed by atoms with Gasteiger partial charge >= 0.3 is 47.7 Å². The summed E-state index contributed by atoms with van der Waals surface area (Å²) in [5.41, 5.74) is -6.09. The Bertz CT molecular complexity index is 662. The number of carboxylic acids is 1. The molecule has 29 heavy (non-hydrogen) atoms. The Hall–Kier alpha value is -1.91. The van der Waals surface area contributed by atoms with Crippen LogP contribution in [0.5, 0.6) is 0 Å². The average Bonchev–Trinajstić information content (AvgIpc) is 2.51. The molecule has 0 bridgehead atoms. The lowest BCUT2D eigenvalue weighted by molar-refractivity contribution is -0.455. The summed E-state index contributed by atoms with van der Waals surface area (Å²) in [7, 11) is 0. The van der Waals surface area contributed by atoms with Crippen molar-refractivity contribution in [1.82, 2.24) is 0 Å². The van der Waals surface area contributed by atoms with E-state index in [1.807, 2.05) is 6.58 Å². The monoisotopic (exact) mass is 472 g/mol. The van der Waals surface area contributed by atoms with E-state index in [-0.39, 0.29) is 0 Å². The number of hydrogen-bond donors (Lipinski definition) is 1. The number of alkyl halides is 16. The van der Waals surface area contributed by atoms with Crippen molar-refractivity contribution < 1.29 is 80.1 Å². The van der Waals surface area contributed by atoms with Crippen LogP contribution in [0.2, 0.25) is 0 Å². The van der Waals surface area contributed by atoms with Gasteiger partial charge in [0.1, 0.15) is 0 Å². The molecule has 0 aliphatic rings. The molecule has 0 radical (unpaired) electrons. The number of carbonyl (C=O) groups is 1. The molecule has 0 rings (SSSR count). The highest BCUT2D eigenvalue weighted by atomic mass is 19.4. The standard InChI is InChI=1S/C11H4F16O2/c1-2-4(12,3(28)29)5(13,14)6(15,16)7(17,18)8(19,20)9(21,22)10(23,24)11(25,26)27/h2H,1H2,(H,28,29). The Morgan fingerprint density at radius 1 is 0.552 bits per heavy atom. The highest BCUT2D eigenvalue weighted by Gasteiger charge is 2.95. The predicted molar refractivity (Wildman–Crippen MR) is 57.4 cm³/mol. The molecule has 1 N–H and O–H groups in total. The van der Waals surface area contributed by atoms with E-state index in [9.17, 15) is 75.0 Å². The molecular formula is C11H4F16O2. The maximum absolute atomic E-state index is 13.5.